The minimum absolute atomic E-state index is 0.247. The van der Waals surface area contributed by atoms with Crippen LogP contribution in [-0.2, 0) is 13.1 Å². The molecule has 0 aliphatic rings. The normalized spacial score (nSPS) is 11.4. The molecule has 3 rings (SSSR count). The second kappa shape index (κ2) is 8.80. The zero-order chi connectivity index (χ0) is 18.2. The van der Waals surface area contributed by atoms with Crippen LogP contribution < -0.4 is 10.6 Å². The van der Waals surface area contributed by atoms with Crippen molar-refractivity contribution in [1.29, 1.82) is 0 Å². The number of aromatic nitrogens is 1. The first-order chi connectivity index (χ1) is 12.7. The third-order valence-electron chi connectivity index (χ3n) is 3.73. The van der Waals surface area contributed by atoms with Gasteiger partial charge in [0.1, 0.15) is 11.5 Å². The van der Waals surface area contributed by atoms with Crippen molar-refractivity contribution in [3.63, 3.8) is 0 Å². The van der Waals surface area contributed by atoms with E-state index in [1.807, 2.05) is 43.3 Å². The SMILES string of the molecule is CCNC(=NCc1ccc(F)cc1)NCc1cc(-c2ccccc2)on1. The van der Waals surface area contributed by atoms with Crippen LogP contribution in [-0.4, -0.2) is 17.7 Å². The van der Waals surface area contributed by atoms with Gasteiger partial charge in [-0.3, -0.25) is 0 Å². The number of hydrogen-bond acceptors (Lipinski definition) is 3. The number of guanidine groups is 1. The summed E-state index contributed by atoms with van der Waals surface area (Å²) in [7, 11) is 0. The summed E-state index contributed by atoms with van der Waals surface area (Å²) in [6.45, 7) is 3.69. The van der Waals surface area contributed by atoms with E-state index in [1.54, 1.807) is 12.1 Å². The van der Waals surface area contributed by atoms with Crippen molar-refractivity contribution in [2.75, 3.05) is 6.54 Å². The minimum atomic E-state index is -0.247. The maximum absolute atomic E-state index is 13.0. The highest BCUT2D eigenvalue weighted by atomic mass is 19.1. The third-order valence-corrected chi connectivity index (χ3v) is 3.73. The fourth-order valence-electron chi connectivity index (χ4n) is 2.41. The molecule has 0 aliphatic carbocycles. The molecule has 0 bridgehead atoms. The maximum atomic E-state index is 13.0. The molecule has 0 unspecified atom stereocenters. The number of halogens is 1. The van der Waals surface area contributed by atoms with E-state index in [2.05, 4.69) is 20.8 Å². The van der Waals surface area contributed by atoms with Gasteiger partial charge in [-0.1, -0.05) is 47.6 Å². The van der Waals surface area contributed by atoms with Gasteiger partial charge in [-0.15, -0.1) is 0 Å². The predicted molar refractivity (Wildman–Crippen MR) is 100.0 cm³/mol. The first kappa shape index (κ1) is 17.7. The average molecular weight is 352 g/mol. The van der Waals surface area contributed by atoms with E-state index in [9.17, 15) is 4.39 Å². The zero-order valence-electron chi connectivity index (χ0n) is 14.6. The van der Waals surface area contributed by atoms with Gasteiger partial charge in [0, 0.05) is 18.2 Å². The van der Waals surface area contributed by atoms with Crippen LogP contribution in [0.5, 0.6) is 0 Å². The molecule has 134 valence electrons. The van der Waals surface area contributed by atoms with E-state index >= 15 is 0 Å². The van der Waals surface area contributed by atoms with Gasteiger partial charge in [-0.25, -0.2) is 9.38 Å². The van der Waals surface area contributed by atoms with Gasteiger partial charge < -0.3 is 15.2 Å². The number of nitrogens with one attached hydrogen (secondary N) is 2. The van der Waals surface area contributed by atoms with Crippen LogP contribution in [0.25, 0.3) is 11.3 Å². The summed E-state index contributed by atoms with van der Waals surface area (Å²) in [6, 6.07) is 18.1. The van der Waals surface area contributed by atoms with E-state index in [1.165, 1.54) is 12.1 Å². The third kappa shape index (κ3) is 4.92. The molecule has 6 heteroatoms. The number of aliphatic imine (C=N–C) groups is 1. The van der Waals surface area contributed by atoms with E-state index in [-0.39, 0.29) is 5.82 Å². The molecular weight excluding hydrogens is 331 g/mol. The first-order valence-corrected chi connectivity index (χ1v) is 8.52. The number of rotatable bonds is 6. The molecule has 0 atom stereocenters. The molecule has 2 aromatic carbocycles. The van der Waals surface area contributed by atoms with Crippen LogP contribution in [0.15, 0.2) is 70.2 Å². The van der Waals surface area contributed by atoms with Gasteiger partial charge in [-0.2, -0.15) is 0 Å². The summed E-state index contributed by atoms with van der Waals surface area (Å²) >= 11 is 0. The van der Waals surface area contributed by atoms with Gasteiger partial charge in [0.05, 0.1) is 13.1 Å². The van der Waals surface area contributed by atoms with Gasteiger partial charge in [-0.05, 0) is 24.6 Å². The molecule has 0 saturated carbocycles. The highest BCUT2D eigenvalue weighted by Crippen LogP contribution is 2.19. The Morgan fingerprint density at radius 3 is 2.58 bits per heavy atom. The van der Waals surface area contributed by atoms with Crippen molar-refractivity contribution in [3.8, 4) is 11.3 Å². The van der Waals surface area contributed by atoms with Crippen LogP contribution in [0, 0.1) is 5.82 Å². The summed E-state index contributed by atoms with van der Waals surface area (Å²) in [5.41, 5.74) is 2.72. The Kier molecular flexibility index (Phi) is 5.98. The highest BCUT2D eigenvalue weighted by Gasteiger charge is 2.07. The molecule has 0 saturated heterocycles. The summed E-state index contributed by atoms with van der Waals surface area (Å²) in [5.74, 6) is 1.15. The van der Waals surface area contributed by atoms with Gasteiger partial charge in [0.25, 0.3) is 0 Å². The van der Waals surface area contributed by atoms with E-state index < -0.39 is 0 Å². The predicted octanol–water partition coefficient (Wildman–Crippen LogP) is 3.74. The Morgan fingerprint density at radius 1 is 1.08 bits per heavy atom. The topological polar surface area (TPSA) is 62.5 Å². The number of nitrogens with zero attached hydrogens (tertiary/aromatic N) is 2. The molecule has 0 aliphatic heterocycles. The fraction of sp³-hybridized carbons (Fsp3) is 0.200. The molecule has 0 amide bonds. The molecular formula is C20H21FN4O. The molecule has 26 heavy (non-hydrogen) atoms. The zero-order valence-corrected chi connectivity index (χ0v) is 14.6. The molecule has 0 radical (unpaired) electrons. The summed E-state index contributed by atoms with van der Waals surface area (Å²) < 4.78 is 18.4. The standard InChI is InChI=1S/C20H21FN4O/c1-2-22-20(23-13-15-8-10-17(21)11-9-15)24-14-18-12-19(26-25-18)16-6-4-3-5-7-16/h3-12H,2,13-14H2,1H3,(H2,22,23,24). The van der Waals surface area contributed by atoms with Crippen molar-refractivity contribution in [2.24, 2.45) is 4.99 Å². The molecule has 5 nitrogen and oxygen atoms in total. The largest absolute Gasteiger partial charge is 0.357 e. The van der Waals surface area contributed by atoms with Crippen molar-refractivity contribution in [1.82, 2.24) is 15.8 Å². The van der Waals surface area contributed by atoms with Crippen molar-refractivity contribution < 1.29 is 8.91 Å². The number of hydrogen-bond donors (Lipinski definition) is 2. The smallest absolute Gasteiger partial charge is 0.191 e. The average Bonchev–Trinajstić information content (AvgIpc) is 3.15. The molecule has 0 spiro atoms. The van der Waals surface area contributed by atoms with Crippen LogP contribution >= 0.6 is 0 Å². The Morgan fingerprint density at radius 2 is 1.85 bits per heavy atom. The first-order valence-electron chi connectivity index (χ1n) is 8.52. The number of benzene rings is 2. The van der Waals surface area contributed by atoms with Gasteiger partial charge in [0.15, 0.2) is 11.7 Å². The van der Waals surface area contributed by atoms with E-state index in [0.717, 1.165) is 29.1 Å². The summed E-state index contributed by atoms with van der Waals surface area (Å²) in [4.78, 5) is 4.51. The lowest BCUT2D eigenvalue weighted by Gasteiger charge is -2.09. The van der Waals surface area contributed by atoms with Crippen LogP contribution in [0.4, 0.5) is 4.39 Å². The molecule has 1 heterocycles. The summed E-state index contributed by atoms with van der Waals surface area (Å²) in [5, 5.41) is 10.5. The Labute approximate surface area is 151 Å². The fourth-order valence-corrected chi connectivity index (χ4v) is 2.41. The van der Waals surface area contributed by atoms with E-state index in [0.29, 0.717) is 19.0 Å². The van der Waals surface area contributed by atoms with Crippen molar-refractivity contribution in [2.45, 2.75) is 20.0 Å². The van der Waals surface area contributed by atoms with Gasteiger partial charge >= 0.3 is 0 Å². The highest BCUT2D eigenvalue weighted by molar-refractivity contribution is 5.79. The van der Waals surface area contributed by atoms with Crippen molar-refractivity contribution >= 4 is 5.96 Å². The van der Waals surface area contributed by atoms with E-state index in [4.69, 9.17) is 4.52 Å². The Bertz CT molecular complexity index is 844. The minimum Gasteiger partial charge on any atom is -0.357 e. The Balaban J connectivity index is 1.61. The molecule has 3 aromatic rings. The lowest BCUT2D eigenvalue weighted by molar-refractivity contribution is 0.422. The quantitative estimate of drug-likeness (QED) is 0.524. The van der Waals surface area contributed by atoms with Crippen molar-refractivity contribution in [3.05, 3.63) is 77.7 Å². The van der Waals surface area contributed by atoms with Crippen LogP contribution in [0.1, 0.15) is 18.2 Å². The van der Waals surface area contributed by atoms with Gasteiger partial charge in [0.2, 0.25) is 0 Å². The second-order valence-corrected chi connectivity index (χ2v) is 5.72. The lowest BCUT2D eigenvalue weighted by Crippen LogP contribution is -2.36. The molecule has 1 aromatic heterocycles. The lowest BCUT2D eigenvalue weighted by atomic mass is 10.2. The van der Waals surface area contributed by atoms with Crippen LogP contribution in [0.2, 0.25) is 0 Å². The summed E-state index contributed by atoms with van der Waals surface area (Å²) in [6.07, 6.45) is 0. The van der Waals surface area contributed by atoms with Crippen LogP contribution in [0.3, 0.4) is 0 Å². The monoisotopic (exact) mass is 352 g/mol. The maximum Gasteiger partial charge on any atom is 0.191 e. The second-order valence-electron chi connectivity index (χ2n) is 5.72. The Hall–Kier alpha value is -3.15. The molecule has 0 fully saturated rings. The molecule has 2 N–H and O–H groups in total.